The molecule has 1 unspecified atom stereocenters. The Balaban J connectivity index is 2.81. The number of rotatable bonds is 2. The number of hydrogen-bond acceptors (Lipinski definition) is 3. The van der Waals surface area contributed by atoms with Gasteiger partial charge in [0.05, 0.1) is 17.3 Å². The number of halogens is 4. The predicted molar refractivity (Wildman–Crippen MR) is 51.4 cm³/mol. The number of nitrogens with zero attached hydrogens (tertiary/aromatic N) is 3. The van der Waals surface area contributed by atoms with Crippen LogP contribution in [0.2, 0.25) is 0 Å². The van der Waals surface area contributed by atoms with Crippen molar-refractivity contribution in [3.8, 4) is 6.07 Å². The molecule has 0 amide bonds. The summed E-state index contributed by atoms with van der Waals surface area (Å²) in [4.78, 5) is 0. The van der Waals surface area contributed by atoms with E-state index in [1.165, 1.54) is 24.3 Å². The molecule has 0 aliphatic heterocycles. The van der Waals surface area contributed by atoms with Crippen LogP contribution in [0, 0.1) is 11.3 Å². The molecular weight excluding hydrogens is 243 g/mol. The number of alkyl halides is 4. The lowest BCUT2D eigenvalue weighted by molar-refractivity contribution is -0.129. The van der Waals surface area contributed by atoms with Crippen molar-refractivity contribution in [1.82, 2.24) is 0 Å². The summed E-state index contributed by atoms with van der Waals surface area (Å²) >= 11 is 4.93. The molecule has 16 heavy (non-hydrogen) atoms. The van der Waals surface area contributed by atoms with E-state index in [-0.39, 0.29) is 11.3 Å². The first-order chi connectivity index (χ1) is 7.43. The second-order valence-corrected chi connectivity index (χ2v) is 3.17. The van der Waals surface area contributed by atoms with Crippen LogP contribution in [0.15, 0.2) is 34.5 Å². The first kappa shape index (κ1) is 12.5. The van der Waals surface area contributed by atoms with Gasteiger partial charge in [0.25, 0.3) is 0 Å². The van der Waals surface area contributed by atoms with Crippen LogP contribution in [0.25, 0.3) is 0 Å². The highest BCUT2D eigenvalue weighted by Crippen LogP contribution is 2.27. The molecule has 84 valence electrons. The van der Waals surface area contributed by atoms with E-state index in [9.17, 15) is 13.2 Å². The summed E-state index contributed by atoms with van der Waals surface area (Å²) in [6.45, 7) is 0. The normalized spacial score (nSPS) is 13.7. The summed E-state index contributed by atoms with van der Waals surface area (Å²) in [5, 5.41) is 14.7. The van der Waals surface area contributed by atoms with Gasteiger partial charge in [-0.2, -0.15) is 28.7 Å². The maximum absolute atomic E-state index is 12.0. The summed E-state index contributed by atoms with van der Waals surface area (Å²) < 4.78 is 35.9. The highest BCUT2D eigenvalue weighted by atomic mass is 35.5. The molecule has 0 aromatic heterocycles. The van der Waals surface area contributed by atoms with Crippen LogP contribution >= 0.6 is 11.6 Å². The van der Waals surface area contributed by atoms with Gasteiger partial charge in [-0.15, -0.1) is 0 Å². The Morgan fingerprint density at radius 3 is 2.62 bits per heavy atom. The van der Waals surface area contributed by atoms with E-state index in [4.69, 9.17) is 16.9 Å². The number of benzene rings is 1. The molecule has 0 saturated heterocycles. The maximum atomic E-state index is 12.0. The lowest BCUT2D eigenvalue weighted by atomic mass is 10.2. The summed E-state index contributed by atoms with van der Waals surface area (Å²) in [5.74, 6) is 0. The van der Waals surface area contributed by atoms with Gasteiger partial charge in [-0.25, -0.2) is 0 Å². The highest BCUT2D eigenvalue weighted by molar-refractivity contribution is 6.20. The van der Waals surface area contributed by atoms with Crippen molar-refractivity contribution >= 4 is 17.3 Å². The molecule has 0 spiro atoms. The lowest BCUT2D eigenvalue weighted by Crippen LogP contribution is -2.20. The van der Waals surface area contributed by atoms with E-state index in [0.29, 0.717) is 0 Å². The van der Waals surface area contributed by atoms with E-state index in [0.717, 1.165) is 0 Å². The SMILES string of the molecule is N#Cc1cccc(N=NC(Cl)C(F)(F)F)c1. The number of hydrogen-bond donors (Lipinski definition) is 0. The van der Waals surface area contributed by atoms with Gasteiger partial charge in [0.2, 0.25) is 5.50 Å². The van der Waals surface area contributed by atoms with Crippen LogP contribution in [-0.2, 0) is 0 Å². The van der Waals surface area contributed by atoms with Gasteiger partial charge in [0, 0.05) is 0 Å². The zero-order chi connectivity index (χ0) is 12.2. The van der Waals surface area contributed by atoms with Gasteiger partial charge in [0.1, 0.15) is 0 Å². The molecule has 1 atom stereocenters. The third kappa shape index (κ3) is 3.51. The third-order valence-electron chi connectivity index (χ3n) is 1.52. The topological polar surface area (TPSA) is 48.5 Å². The van der Waals surface area contributed by atoms with Crippen molar-refractivity contribution in [3.63, 3.8) is 0 Å². The summed E-state index contributed by atoms with van der Waals surface area (Å²) in [6, 6.07) is 7.55. The van der Waals surface area contributed by atoms with Crippen LogP contribution in [0.4, 0.5) is 18.9 Å². The van der Waals surface area contributed by atoms with Crippen LogP contribution in [-0.4, -0.2) is 11.7 Å². The average Bonchev–Trinajstić information content (AvgIpc) is 2.25. The first-order valence-electron chi connectivity index (χ1n) is 4.05. The molecule has 0 aliphatic carbocycles. The molecule has 3 nitrogen and oxygen atoms in total. The van der Waals surface area contributed by atoms with Crippen molar-refractivity contribution in [3.05, 3.63) is 29.8 Å². The minimum absolute atomic E-state index is 0.147. The van der Waals surface area contributed by atoms with Crippen LogP contribution in [0.3, 0.4) is 0 Å². The van der Waals surface area contributed by atoms with Gasteiger partial charge in [-0.3, -0.25) is 0 Å². The smallest absolute Gasteiger partial charge is 0.192 e. The van der Waals surface area contributed by atoms with E-state index >= 15 is 0 Å². The average molecular weight is 248 g/mol. The third-order valence-corrected chi connectivity index (χ3v) is 1.85. The highest BCUT2D eigenvalue weighted by Gasteiger charge is 2.38. The molecule has 0 aliphatic rings. The zero-order valence-corrected chi connectivity index (χ0v) is 8.50. The molecule has 0 saturated carbocycles. The molecule has 0 bridgehead atoms. The molecule has 7 heteroatoms. The molecule has 1 rings (SSSR count). The Kier molecular flexibility index (Phi) is 3.85. The summed E-state index contributed by atoms with van der Waals surface area (Å²) in [5.41, 5.74) is -1.94. The van der Waals surface area contributed by atoms with Crippen LogP contribution < -0.4 is 0 Å². The Hall–Kier alpha value is -1.61. The van der Waals surface area contributed by atoms with E-state index < -0.39 is 11.7 Å². The van der Waals surface area contributed by atoms with Crippen molar-refractivity contribution in [2.75, 3.05) is 0 Å². The minimum Gasteiger partial charge on any atom is -0.192 e. The molecule has 1 aromatic rings. The van der Waals surface area contributed by atoms with Gasteiger partial charge < -0.3 is 0 Å². The van der Waals surface area contributed by atoms with Gasteiger partial charge in [-0.1, -0.05) is 17.7 Å². The fourth-order valence-corrected chi connectivity index (χ4v) is 0.864. The van der Waals surface area contributed by atoms with Crippen molar-refractivity contribution in [2.24, 2.45) is 10.2 Å². The maximum Gasteiger partial charge on any atom is 0.426 e. The number of azo groups is 1. The monoisotopic (exact) mass is 247 g/mol. The summed E-state index contributed by atoms with van der Waals surface area (Å²) in [7, 11) is 0. The second kappa shape index (κ2) is 4.94. The summed E-state index contributed by atoms with van der Waals surface area (Å²) in [6.07, 6.45) is -4.63. The molecule has 0 fully saturated rings. The van der Waals surface area contributed by atoms with Crippen molar-refractivity contribution in [1.29, 1.82) is 5.26 Å². The van der Waals surface area contributed by atoms with Crippen LogP contribution in [0.1, 0.15) is 5.56 Å². The standard InChI is InChI=1S/C9H5ClF3N3/c10-8(9(11,12)13)16-15-7-3-1-2-6(4-7)5-14/h1-4,8H. The minimum atomic E-state index is -4.63. The fourth-order valence-electron chi connectivity index (χ4n) is 0.820. The Bertz CT molecular complexity index is 436. The first-order valence-corrected chi connectivity index (χ1v) is 4.49. The Morgan fingerprint density at radius 2 is 2.06 bits per heavy atom. The quantitative estimate of drug-likeness (QED) is 0.446. The molecular formula is C9H5ClF3N3. The van der Waals surface area contributed by atoms with Gasteiger partial charge >= 0.3 is 6.18 Å². The van der Waals surface area contributed by atoms with Crippen molar-refractivity contribution < 1.29 is 13.2 Å². The van der Waals surface area contributed by atoms with Gasteiger partial charge in [-0.05, 0) is 18.2 Å². The van der Waals surface area contributed by atoms with E-state index in [2.05, 4.69) is 10.2 Å². The van der Waals surface area contributed by atoms with E-state index in [1.54, 1.807) is 0 Å². The largest absolute Gasteiger partial charge is 0.426 e. The lowest BCUT2D eigenvalue weighted by Gasteiger charge is -2.06. The van der Waals surface area contributed by atoms with Crippen LogP contribution in [0.5, 0.6) is 0 Å². The fraction of sp³-hybridized carbons (Fsp3) is 0.222. The van der Waals surface area contributed by atoms with Gasteiger partial charge in [0.15, 0.2) is 0 Å². The Labute approximate surface area is 94.2 Å². The molecule has 0 radical (unpaired) electrons. The number of nitriles is 1. The molecule has 1 aromatic carbocycles. The zero-order valence-electron chi connectivity index (χ0n) is 7.74. The molecule has 0 N–H and O–H groups in total. The predicted octanol–water partition coefficient (Wildman–Crippen LogP) is 3.77. The molecule has 0 heterocycles. The van der Waals surface area contributed by atoms with Crippen molar-refractivity contribution in [2.45, 2.75) is 11.7 Å². The second-order valence-electron chi connectivity index (χ2n) is 2.76. The Morgan fingerprint density at radius 1 is 1.38 bits per heavy atom. The van der Waals surface area contributed by atoms with E-state index in [1.807, 2.05) is 6.07 Å².